The first-order valence-corrected chi connectivity index (χ1v) is 15.0. The van der Waals surface area contributed by atoms with Gasteiger partial charge in [0, 0.05) is 32.9 Å². The van der Waals surface area contributed by atoms with Crippen molar-refractivity contribution >= 4 is 0 Å². The maximum Gasteiger partial charge on any atom is 0.331 e. The number of aromatic nitrogens is 2. The van der Waals surface area contributed by atoms with Crippen molar-refractivity contribution in [3.63, 3.8) is 0 Å². The van der Waals surface area contributed by atoms with Crippen molar-refractivity contribution in [2.45, 2.75) is 144 Å². The number of rotatable bonds is 23. The second-order valence-corrected chi connectivity index (χ2v) is 10.9. The van der Waals surface area contributed by atoms with Crippen molar-refractivity contribution in [3.05, 3.63) is 16.7 Å². The summed E-state index contributed by atoms with van der Waals surface area (Å²) >= 11 is 0. The van der Waals surface area contributed by atoms with Crippen molar-refractivity contribution in [1.82, 2.24) is 9.13 Å². The van der Waals surface area contributed by atoms with Crippen molar-refractivity contribution in [2.24, 2.45) is 10.8 Å². The van der Waals surface area contributed by atoms with Gasteiger partial charge < -0.3 is 14.9 Å². The summed E-state index contributed by atoms with van der Waals surface area (Å²) in [6.07, 6.45) is 18.8. The van der Waals surface area contributed by atoms with E-state index in [1.807, 2.05) is 6.92 Å². The molecule has 36 heavy (non-hydrogen) atoms. The van der Waals surface area contributed by atoms with Crippen molar-refractivity contribution in [3.8, 4) is 5.88 Å². The van der Waals surface area contributed by atoms with Gasteiger partial charge in [-0.2, -0.15) is 0 Å². The number of aryl methyl sites for hydroxylation is 1. The third kappa shape index (κ3) is 10.6. The van der Waals surface area contributed by atoms with Crippen LogP contribution in [0.2, 0.25) is 0 Å². The van der Waals surface area contributed by atoms with E-state index < -0.39 is 0 Å². The molecular weight excluding hydrogens is 452 g/mol. The molecule has 1 aromatic rings. The second-order valence-electron chi connectivity index (χ2n) is 10.9. The fourth-order valence-electron chi connectivity index (χ4n) is 5.77. The molecule has 0 saturated carbocycles. The van der Waals surface area contributed by atoms with Gasteiger partial charge in [-0.15, -0.1) is 0 Å². The molecular formula is C30H58N2O4. The lowest BCUT2D eigenvalue weighted by molar-refractivity contribution is 0.113. The highest BCUT2D eigenvalue weighted by molar-refractivity contribution is 5.05. The molecule has 0 bridgehead atoms. The lowest BCUT2D eigenvalue weighted by Crippen LogP contribution is -2.27. The highest BCUT2D eigenvalue weighted by Gasteiger charge is 2.27. The first-order chi connectivity index (χ1) is 17.4. The molecule has 0 radical (unpaired) electrons. The predicted octanol–water partition coefficient (Wildman–Crippen LogP) is 7.29. The lowest BCUT2D eigenvalue weighted by Gasteiger charge is -2.32. The topological polar surface area (TPSA) is 76.6 Å². The average molecular weight is 511 g/mol. The smallest absolute Gasteiger partial charge is 0.331 e. The quantitative estimate of drug-likeness (QED) is 0.152. The van der Waals surface area contributed by atoms with Crippen LogP contribution in [0.4, 0.5) is 0 Å². The molecule has 0 atom stereocenters. The van der Waals surface area contributed by atoms with E-state index in [9.17, 15) is 9.90 Å². The van der Waals surface area contributed by atoms with Gasteiger partial charge in [-0.3, -0.25) is 9.13 Å². The Kier molecular flexibility index (Phi) is 16.4. The molecule has 0 amide bonds. The van der Waals surface area contributed by atoms with Gasteiger partial charge in [0.05, 0.1) is 6.20 Å². The third-order valence-electron chi connectivity index (χ3n) is 9.09. The molecule has 212 valence electrons. The minimum atomic E-state index is -0.110. The maximum atomic E-state index is 12.4. The maximum absolute atomic E-state index is 12.4. The molecule has 2 N–H and O–H groups in total. The summed E-state index contributed by atoms with van der Waals surface area (Å²) in [4.78, 5) is 12.4. The summed E-state index contributed by atoms with van der Waals surface area (Å²) in [6.45, 7) is 14.3. The van der Waals surface area contributed by atoms with Crippen LogP contribution in [0, 0.1) is 10.8 Å². The van der Waals surface area contributed by atoms with Gasteiger partial charge in [0.25, 0.3) is 0 Å². The van der Waals surface area contributed by atoms with Gasteiger partial charge in [-0.25, -0.2) is 4.79 Å². The number of ether oxygens (including phenoxy) is 1. The van der Waals surface area contributed by atoms with E-state index in [2.05, 4.69) is 27.7 Å². The molecule has 1 aromatic heterocycles. The SMILES string of the molecule is CCn1cc(O)n(CCC(CC)(CC)CCCCOCCCCC(CC)(CC)CCCCCO)c1=O. The first-order valence-electron chi connectivity index (χ1n) is 15.0. The molecule has 0 unspecified atom stereocenters. The molecule has 0 aliphatic heterocycles. The van der Waals surface area contributed by atoms with Crippen LogP contribution in [-0.2, 0) is 17.8 Å². The normalized spacial score (nSPS) is 12.5. The highest BCUT2D eigenvalue weighted by Crippen LogP contribution is 2.38. The Labute approximate surface area is 221 Å². The number of aliphatic hydroxyl groups is 1. The number of nitrogens with zero attached hydrogens (tertiary/aromatic N) is 2. The Bertz CT molecular complexity index is 732. The summed E-state index contributed by atoms with van der Waals surface area (Å²) in [5, 5.41) is 19.2. The standard InChI is InChI=1S/C30H58N2O4/c1-6-29(7-2,18-12-11-15-23-33)19-13-16-24-36-25-17-14-20-30(8-3,9-4)21-22-32-27(34)26-31(10-5)28(32)35/h26,33-34H,6-25H2,1-5H3. The van der Waals surface area contributed by atoms with Gasteiger partial charge in [0.1, 0.15) is 0 Å². The van der Waals surface area contributed by atoms with Crippen LogP contribution in [0.1, 0.15) is 131 Å². The van der Waals surface area contributed by atoms with Gasteiger partial charge in [0.2, 0.25) is 5.88 Å². The minimum Gasteiger partial charge on any atom is -0.493 e. The molecule has 0 aliphatic carbocycles. The zero-order chi connectivity index (χ0) is 26.9. The van der Waals surface area contributed by atoms with E-state index in [0.29, 0.717) is 25.1 Å². The predicted molar refractivity (Wildman–Crippen MR) is 151 cm³/mol. The largest absolute Gasteiger partial charge is 0.493 e. The molecule has 6 heteroatoms. The van der Waals surface area contributed by atoms with Crippen molar-refractivity contribution in [2.75, 3.05) is 19.8 Å². The van der Waals surface area contributed by atoms with E-state index in [-0.39, 0.29) is 17.0 Å². The zero-order valence-corrected chi connectivity index (χ0v) is 24.3. The van der Waals surface area contributed by atoms with E-state index in [4.69, 9.17) is 9.84 Å². The Morgan fingerprint density at radius 3 is 1.69 bits per heavy atom. The van der Waals surface area contributed by atoms with Crippen LogP contribution in [0.3, 0.4) is 0 Å². The van der Waals surface area contributed by atoms with E-state index in [0.717, 1.165) is 71.0 Å². The van der Waals surface area contributed by atoms with E-state index >= 15 is 0 Å². The van der Waals surface area contributed by atoms with E-state index in [1.165, 1.54) is 43.1 Å². The number of hydrogen-bond donors (Lipinski definition) is 2. The fraction of sp³-hybridized carbons (Fsp3) is 0.900. The third-order valence-corrected chi connectivity index (χ3v) is 9.09. The molecule has 0 spiro atoms. The molecule has 1 rings (SSSR count). The Morgan fingerprint density at radius 1 is 0.750 bits per heavy atom. The van der Waals surface area contributed by atoms with Crippen LogP contribution >= 0.6 is 0 Å². The number of aliphatic hydroxyl groups excluding tert-OH is 1. The molecule has 0 fully saturated rings. The first kappa shape index (κ1) is 32.8. The van der Waals surface area contributed by atoms with Gasteiger partial charge in [0.15, 0.2) is 0 Å². The second kappa shape index (κ2) is 18.1. The van der Waals surface area contributed by atoms with Crippen LogP contribution in [0.25, 0.3) is 0 Å². The average Bonchev–Trinajstić information content (AvgIpc) is 3.18. The van der Waals surface area contributed by atoms with Crippen LogP contribution < -0.4 is 5.69 Å². The molecule has 6 nitrogen and oxygen atoms in total. The molecule has 0 aliphatic rings. The number of imidazole rings is 1. The van der Waals surface area contributed by atoms with Gasteiger partial charge in [-0.1, -0.05) is 79.1 Å². The fourth-order valence-corrected chi connectivity index (χ4v) is 5.77. The van der Waals surface area contributed by atoms with Crippen LogP contribution in [0.15, 0.2) is 11.0 Å². The van der Waals surface area contributed by atoms with Gasteiger partial charge >= 0.3 is 5.69 Å². The van der Waals surface area contributed by atoms with Crippen molar-refractivity contribution < 1.29 is 14.9 Å². The Balaban J connectivity index is 2.30. The summed E-state index contributed by atoms with van der Waals surface area (Å²) in [6, 6.07) is 0. The molecule has 0 aromatic carbocycles. The van der Waals surface area contributed by atoms with Crippen LogP contribution in [-0.4, -0.2) is 39.2 Å². The summed E-state index contributed by atoms with van der Waals surface area (Å²) in [5.74, 6) is 0.0770. The lowest BCUT2D eigenvalue weighted by atomic mass is 9.74. The summed E-state index contributed by atoms with van der Waals surface area (Å²) in [5.41, 5.74) is 0.572. The minimum absolute atomic E-state index is 0.0770. The number of unbranched alkanes of at least 4 members (excludes halogenated alkanes) is 4. The van der Waals surface area contributed by atoms with Crippen molar-refractivity contribution in [1.29, 1.82) is 0 Å². The monoisotopic (exact) mass is 510 g/mol. The molecule has 0 saturated heterocycles. The van der Waals surface area contributed by atoms with Gasteiger partial charge in [-0.05, 0) is 62.7 Å². The Hall–Kier alpha value is -1.27. The molecule has 1 heterocycles. The highest BCUT2D eigenvalue weighted by atomic mass is 16.5. The van der Waals surface area contributed by atoms with Crippen LogP contribution in [0.5, 0.6) is 5.88 Å². The number of hydrogen-bond acceptors (Lipinski definition) is 4. The summed E-state index contributed by atoms with van der Waals surface area (Å²) in [7, 11) is 0. The zero-order valence-electron chi connectivity index (χ0n) is 24.3. The number of aromatic hydroxyl groups is 1. The van der Waals surface area contributed by atoms with E-state index in [1.54, 1.807) is 10.8 Å². The Morgan fingerprint density at radius 2 is 1.25 bits per heavy atom. The summed E-state index contributed by atoms with van der Waals surface area (Å²) < 4.78 is 9.06.